The lowest BCUT2D eigenvalue weighted by Crippen LogP contribution is -2.41. The van der Waals surface area contributed by atoms with Crippen LogP contribution >= 0.6 is 0 Å². The molecule has 3 heterocycles. The van der Waals surface area contributed by atoms with Crippen LogP contribution in [0.1, 0.15) is 23.4 Å². The van der Waals surface area contributed by atoms with Crippen LogP contribution in [0.25, 0.3) is 11.0 Å². The number of benzene rings is 1. The summed E-state index contributed by atoms with van der Waals surface area (Å²) in [5, 5.41) is 0.959. The second-order valence-electron chi connectivity index (χ2n) is 6.40. The molecular weight excluding hydrogens is 316 g/mol. The van der Waals surface area contributed by atoms with Crippen LogP contribution in [0, 0.1) is 5.92 Å². The number of nitrogens with zero attached hydrogens (tertiary/aromatic N) is 2. The van der Waals surface area contributed by atoms with E-state index in [0.717, 1.165) is 36.1 Å². The van der Waals surface area contributed by atoms with Gasteiger partial charge in [-0.3, -0.25) is 9.78 Å². The van der Waals surface area contributed by atoms with E-state index in [1.807, 2.05) is 47.4 Å². The number of fused-ring (bicyclic) bond motifs is 1. The number of piperidine rings is 1. The first-order valence-electron chi connectivity index (χ1n) is 8.60. The molecule has 0 bridgehead atoms. The van der Waals surface area contributed by atoms with Crippen molar-refractivity contribution in [2.75, 3.05) is 19.7 Å². The van der Waals surface area contributed by atoms with Gasteiger partial charge in [-0.05, 0) is 37.1 Å². The molecule has 0 saturated carbocycles. The summed E-state index contributed by atoms with van der Waals surface area (Å²) >= 11 is 0. The molecule has 5 nitrogen and oxygen atoms in total. The smallest absolute Gasteiger partial charge is 0.289 e. The summed E-state index contributed by atoms with van der Waals surface area (Å²) in [4.78, 5) is 18.6. The maximum atomic E-state index is 12.8. The lowest BCUT2D eigenvalue weighted by Gasteiger charge is -2.32. The summed E-state index contributed by atoms with van der Waals surface area (Å²) in [6, 6.07) is 13.2. The fraction of sp³-hybridized carbons (Fsp3) is 0.300. The Morgan fingerprint density at radius 1 is 1.24 bits per heavy atom. The van der Waals surface area contributed by atoms with Gasteiger partial charge in [-0.15, -0.1) is 0 Å². The second kappa shape index (κ2) is 6.97. The lowest BCUT2D eigenvalue weighted by atomic mass is 9.98. The molecule has 1 atom stereocenters. The summed E-state index contributed by atoms with van der Waals surface area (Å²) in [5.41, 5.74) is 0.750. The fourth-order valence-corrected chi connectivity index (χ4v) is 3.28. The van der Waals surface area contributed by atoms with Crippen LogP contribution in [-0.2, 0) is 0 Å². The fourth-order valence-electron chi connectivity index (χ4n) is 3.28. The van der Waals surface area contributed by atoms with Crippen molar-refractivity contribution in [1.82, 2.24) is 9.88 Å². The van der Waals surface area contributed by atoms with E-state index < -0.39 is 0 Å². The van der Waals surface area contributed by atoms with E-state index in [1.54, 1.807) is 12.4 Å². The van der Waals surface area contributed by atoms with Gasteiger partial charge in [-0.1, -0.05) is 18.2 Å². The average Bonchev–Trinajstić information content (AvgIpc) is 3.11. The van der Waals surface area contributed by atoms with E-state index in [-0.39, 0.29) is 5.91 Å². The molecule has 5 heteroatoms. The van der Waals surface area contributed by atoms with Crippen molar-refractivity contribution in [2.45, 2.75) is 12.8 Å². The van der Waals surface area contributed by atoms with Gasteiger partial charge in [0.1, 0.15) is 11.3 Å². The Bertz CT molecular complexity index is 827. The highest BCUT2D eigenvalue weighted by Crippen LogP contribution is 2.23. The minimum atomic E-state index is -0.0372. The van der Waals surface area contributed by atoms with Gasteiger partial charge in [-0.25, -0.2) is 0 Å². The first-order valence-corrected chi connectivity index (χ1v) is 8.60. The van der Waals surface area contributed by atoms with Gasteiger partial charge in [0.15, 0.2) is 5.76 Å². The van der Waals surface area contributed by atoms with Crippen molar-refractivity contribution < 1.29 is 13.9 Å². The zero-order valence-corrected chi connectivity index (χ0v) is 13.9. The SMILES string of the molecule is O=C(c1cc2ccccc2o1)N1CCCC(COc2ccncc2)C1. The number of ether oxygens (including phenoxy) is 1. The Morgan fingerprint density at radius 3 is 2.92 bits per heavy atom. The van der Waals surface area contributed by atoms with Gasteiger partial charge in [0.2, 0.25) is 0 Å². The molecular formula is C20H20N2O3. The maximum absolute atomic E-state index is 12.8. The third-order valence-electron chi connectivity index (χ3n) is 4.58. The van der Waals surface area contributed by atoms with E-state index in [0.29, 0.717) is 24.8 Å². The van der Waals surface area contributed by atoms with Crippen molar-refractivity contribution in [3.8, 4) is 5.75 Å². The highest BCUT2D eigenvalue weighted by atomic mass is 16.5. The number of para-hydroxylation sites is 1. The van der Waals surface area contributed by atoms with Crippen LogP contribution in [0.3, 0.4) is 0 Å². The van der Waals surface area contributed by atoms with Crippen LogP contribution in [0.5, 0.6) is 5.75 Å². The molecule has 4 rings (SSSR count). The monoisotopic (exact) mass is 336 g/mol. The van der Waals surface area contributed by atoms with Crippen molar-refractivity contribution in [3.63, 3.8) is 0 Å². The molecule has 1 aromatic carbocycles. The zero-order chi connectivity index (χ0) is 17.1. The third-order valence-corrected chi connectivity index (χ3v) is 4.58. The van der Waals surface area contributed by atoms with Gasteiger partial charge in [-0.2, -0.15) is 0 Å². The molecule has 1 aliphatic rings. The Labute approximate surface area is 146 Å². The Morgan fingerprint density at radius 2 is 2.08 bits per heavy atom. The average molecular weight is 336 g/mol. The number of aromatic nitrogens is 1. The number of furan rings is 1. The molecule has 3 aromatic rings. The van der Waals surface area contributed by atoms with Gasteiger partial charge in [0, 0.05) is 36.8 Å². The van der Waals surface area contributed by atoms with Crippen LogP contribution in [-0.4, -0.2) is 35.5 Å². The van der Waals surface area contributed by atoms with E-state index in [4.69, 9.17) is 9.15 Å². The number of pyridine rings is 1. The van der Waals surface area contributed by atoms with Crippen molar-refractivity contribution in [2.24, 2.45) is 5.92 Å². The number of likely N-dealkylation sites (tertiary alicyclic amines) is 1. The van der Waals surface area contributed by atoms with E-state index >= 15 is 0 Å². The summed E-state index contributed by atoms with van der Waals surface area (Å²) in [5.74, 6) is 1.52. The Kier molecular flexibility index (Phi) is 4.37. The highest BCUT2D eigenvalue weighted by molar-refractivity contribution is 5.96. The molecule has 1 amide bonds. The first-order chi connectivity index (χ1) is 12.3. The zero-order valence-electron chi connectivity index (χ0n) is 13.9. The van der Waals surface area contributed by atoms with Gasteiger partial charge >= 0.3 is 0 Å². The Balaban J connectivity index is 1.40. The summed E-state index contributed by atoms with van der Waals surface area (Å²) in [6.45, 7) is 2.07. The van der Waals surface area contributed by atoms with Gasteiger partial charge in [0.05, 0.1) is 6.61 Å². The molecule has 128 valence electrons. The molecule has 1 fully saturated rings. The van der Waals surface area contributed by atoms with Crippen LogP contribution in [0.2, 0.25) is 0 Å². The molecule has 0 radical (unpaired) electrons. The van der Waals surface area contributed by atoms with Crippen LogP contribution in [0.4, 0.5) is 0 Å². The third kappa shape index (κ3) is 3.50. The lowest BCUT2D eigenvalue weighted by molar-refractivity contribution is 0.0604. The molecule has 0 spiro atoms. The topological polar surface area (TPSA) is 55.6 Å². The van der Waals surface area contributed by atoms with E-state index in [1.165, 1.54) is 0 Å². The van der Waals surface area contributed by atoms with Gasteiger partial charge in [0.25, 0.3) is 5.91 Å². The molecule has 1 saturated heterocycles. The van der Waals surface area contributed by atoms with Crippen LogP contribution in [0.15, 0.2) is 59.3 Å². The Hall–Kier alpha value is -2.82. The number of hydrogen-bond acceptors (Lipinski definition) is 4. The number of amides is 1. The first kappa shape index (κ1) is 15.7. The second-order valence-corrected chi connectivity index (χ2v) is 6.40. The van der Waals surface area contributed by atoms with Crippen molar-refractivity contribution >= 4 is 16.9 Å². The molecule has 25 heavy (non-hydrogen) atoms. The number of carbonyl (C=O) groups is 1. The summed E-state index contributed by atoms with van der Waals surface area (Å²) < 4.78 is 11.5. The number of rotatable bonds is 4. The number of hydrogen-bond donors (Lipinski definition) is 0. The van der Waals surface area contributed by atoms with Crippen molar-refractivity contribution in [3.05, 3.63) is 60.6 Å². The van der Waals surface area contributed by atoms with E-state index in [2.05, 4.69) is 4.98 Å². The minimum absolute atomic E-state index is 0.0372. The summed E-state index contributed by atoms with van der Waals surface area (Å²) in [7, 11) is 0. The van der Waals surface area contributed by atoms with Gasteiger partial charge < -0.3 is 14.1 Å². The maximum Gasteiger partial charge on any atom is 0.289 e. The predicted octanol–water partition coefficient (Wildman–Crippen LogP) is 3.76. The molecule has 1 aliphatic heterocycles. The van der Waals surface area contributed by atoms with Crippen molar-refractivity contribution in [1.29, 1.82) is 0 Å². The largest absolute Gasteiger partial charge is 0.493 e. The summed E-state index contributed by atoms with van der Waals surface area (Å²) in [6.07, 6.45) is 5.48. The highest BCUT2D eigenvalue weighted by Gasteiger charge is 2.26. The number of carbonyl (C=O) groups excluding carboxylic acids is 1. The molecule has 0 N–H and O–H groups in total. The molecule has 0 aliphatic carbocycles. The van der Waals surface area contributed by atoms with E-state index in [9.17, 15) is 4.79 Å². The molecule has 1 unspecified atom stereocenters. The van der Waals surface area contributed by atoms with Crippen LogP contribution < -0.4 is 4.74 Å². The quantitative estimate of drug-likeness (QED) is 0.728. The molecule has 2 aromatic heterocycles. The standard InChI is InChI=1S/C20H20N2O3/c23-20(19-12-16-5-1-2-6-18(16)25-19)22-11-3-4-15(13-22)14-24-17-7-9-21-10-8-17/h1-2,5-10,12,15H,3-4,11,13-14H2. The minimum Gasteiger partial charge on any atom is -0.493 e. The predicted molar refractivity (Wildman–Crippen MR) is 94.6 cm³/mol. The normalized spacial score (nSPS) is 17.6.